The Labute approximate surface area is 182 Å². The van der Waals surface area contributed by atoms with Gasteiger partial charge in [0.15, 0.2) is 11.6 Å². The van der Waals surface area contributed by atoms with Gasteiger partial charge in [0.05, 0.1) is 17.4 Å². The van der Waals surface area contributed by atoms with Crippen LogP contribution in [-0.4, -0.2) is 26.0 Å². The van der Waals surface area contributed by atoms with E-state index in [-0.39, 0.29) is 17.5 Å². The molecule has 0 atom stereocenters. The molecule has 0 aliphatic carbocycles. The average Bonchev–Trinajstić information content (AvgIpc) is 3.13. The fourth-order valence-corrected chi connectivity index (χ4v) is 4.60. The molecule has 1 aliphatic rings. The van der Waals surface area contributed by atoms with Gasteiger partial charge in [-0.05, 0) is 52.3 Å². The molecular weight excluding hydrogens is 386 g/mol. The normalized spacial score (nSPS) is 15.2. The minimum absolute atomic E-state index is 0.0187. The van der Waals surface area contributed by atoms with E-state index in [9.17, 15) is 9.59 Å². The molecule has 5 heteroatoms. The number of aryl methyl sites for hydroxylation is 1. The van der Waals surface area contributed by atoms with E-state index in [0.717, 1.165) is 33.6 Å². The Morgan fingerprint density at radius 2 is 1.45 bits per heavy atom. The van der Waals surface area contributed by atoms with Gasteiger partial charge in [0.1, 0.15) is 6.67 Å². The molecular formula is C26H27N3O2. The van der Waals surface area contributed by atoms with Crippen LogP contribution in [0.2, 0.25) is 0 Å². The van der Waals surface area contributed by atoms with Gasteiger partial charge in [-0.25, -0.2) is 4.98 Å². The van der Waals surface area contributed by atoms with E-state index in [1.54, 1.807) is 20.2 Å². The number of aromatic nitrogens is 2. The maximum Gasteiger partial charge on any atom is 0.158 e. The maximum atomic E-state index is 12.9. The van der Waals surface area contributed by atoms with Gasteiger partial charge in [0.25, 0.3) is 0 Å². The van der Waals surface area contributed by atoms with Gasteiger partial charge in [0, 0.05) is 28.5 Å². The number of Topliss-reactive ketones (excluding diaryl/α,β-unsaturated/α-hetero) is 2. The summed E-state index contributed by atoms with van der Waals surface area (Å²) in [5, 5.41) is 0. The number of rotatable bonds is 5. The van der Waals surface area contributed by atoms with Crippen LogP contribution in [0.1, 0.15) is 44.7 Å². The predicted octanol–water partition coefficient (Wildman–Crippen LogP) is 5.13. The molecule has 0 unspecified atom stereocenters. The van der Waals surface area contributed by atoms with Gasteiger partial charge in [-0.2, -0.15) is 0 Å². The molecule has 2 aromatic carbocycles. The van der Waals surface area contributed by atoms with Gasteiger partial charge in [-0.15, -0.1) is 0 Å². The van der Waals surface area contributed by atoms with Crippen molar-refractivity contribution in [1.29, 1.82) is 0 Å². The summed E-state index contributed by atoms with van der Waals surface area (Å²) in [6, 6.07) is 16.0. The van der Waals surface area contributed by atoms with Crippen LogP contribution in [0.25, 0.3) is 11.0 Å². The van der Waals surface area contributed by atoms with E-state index < -0.39 is 0 Å². The number of para-hydroxylation sites is 2. The Bertz CT molecular complexity index is 1210. The van der Waals surface area contributed by atoms with Crippen LogP contribution in [0.3, 0.4) is 0 Å². The smallest absolute Gasteiger partial charge is 0.158 e. The van der Waals surface area contributed by atoms with Crippen molar-refractivity contribution in [2.24, 2.45) is 0 Å². The minimum atomic E-state index is -0.355. The minimum Gasteiger partial charge on any atom is -0.330 e. The van der Waals surface area contributed by atoms with Crippen molar-refractivity contribution < 1.29 is 9.59 Å². The van der Waals surface area contributed by atoms with E-state index in [0.29, 0.717) is 17.8 Å². The molecule has 0 spiro atoms. The number of fused-ring (bicyclic) bond motifs is 1. The van der Waals surface area contributed by atoms with Crippen LogP contribution in [0.4, 0.5) is 0 Å². The summed E-state index contributed by atoms with van der Waals surface area (Å²) < 4.78 is 2.05. The maximum absolute atomic E-state index is 12.9. The van der Waals surface area contributed by atoms with Crippen LogP contribution < -0.4 is 0 Å². The fraction of sp³-hybridized carbons (Fsp3) is 0.269. The second-order valence-electron chi connectivity index (χ2n) is 8.23. The van der Waals surface area contributed by atoms with E-state index in [4.69, 9.17) is 0 Å². The lowest BCUT2D eigenvalue weighted by Crippen LogP contribution is -2.34. The third-order valence-corrected chi connectivity index (χ3v) is 6.16. The number of hydrogen-bond donors (Lipinski definition) is 0. The highest BCUT2D eigenvalue weighted by Crippen LogP contribution is 2.42. The first kappa shape index (κ1) is 20.8. The third-order valence-electron chi connectivity index (χ3n) is 6.16. The van der Waals surface area contributed by atoms with Crippen LogP contribution in [0, 0.1) is 6.92 Å². The summed E-state index contributed by atoms with van der Waals surface area (Å²) in [5.41, 5.74) is 7.12. The van der Waals surface area contributed by atoms with Crippen LogP contribution in [0.5, 0.6) is 0 Å². The van der Waals surface area contributed by atoms with Crippen molar-refractivity contribution in [3.8, 4) is 0 Å². The van der Waals surface area contributed by atoms with E-state index in [2.05, 4.69) is 9.88 Å². The van der Waals surface area contributed by atoms with E-state index in [1.807, 2.05) is 73.9 Å². The van der Waals surface area contributed by atoms with Crippen molar-refractivity contribution >= 4 is 22.6 Å². The highest BCUT2D eigenvalue weighted by molar-refractivity contribution is 6.03. The van der Waals surface area contributed by atoms with Crippen molar-refractivity contribution in [1.82, 2.24) is 14.5 Å². The molecule has 5 nitrogen and oxygen atoms in total. The van der Waals surface area contributed by atoms with Crippen molar-refractivity contribution in [3.05, 3.63) is 88.5 Å². The molecule has 1 aliphatic heterocycles. The van der Waals surface area contributed by atoms with Crippen LogP contribution >= 0.6 is 0 Å². The zero-order chi connectivity index (χ0) is 22.3. The van der Waals surface area contributed by atoms with Crippen molar-refractivity contribution in [2.75, 3.05) is 0 Å². The topological polar surface area (TPSA) is 55.2 Å². The summed E-state index contributed by atoms with van der Waals surface area (Å²) in [7, 11) is 0. The molecule has 0 saturated heterocycles. The molecule has 0 saturated carbocycles. The van der Waals surface area contributed by atoms with Gasteiger partial charge in [0.2, 0.25) is 0 Å². The molecule has 31 heavy (non-hydrogen) atoms. The number of nitrogens with zero attached hydrogens (tertiary/aromatic N) is 3. The Hall–Kier alpha value is -3.47. The summed E-state index contributed by atoms with van der Waals surface area (Å²) in [6.07, 6.45) is 1.80. The zero-order valence-corrected chi connectivity index (χ0v) is 18.6. The van der Waals surface area contributed by atoms with Crippen LogP contribution in [0.15, 0.2) is 77.4 Å². The molecule has 1 aromatic heterocycles. The van der Waals surface area contributed by atoms with Gasteiger partial charge in [-0.3, -0.25) is 9.59 Å². The molecule has 3 aromatic rings. The standard InChI is InChI=1S/C26H27N3O2/c1-16-10-12-21(13-11-16)26-24(19(4)30)17(2)29(18(3)25(26)20(5)31)15-28-14-27-22-8-6-7-9-23(22)28/h6-14,26H,15H2,1-5H3. The van der Waals surface area contributed by atoms with E-state index >= 15 is 0 Å². The first-order chi connectivity index (χ1) is 14.8. The Morgan fingerprint density at radius 3 is 2.03 bits per heavy atom. The second kappa shape index (κ2) is 7.99. The third kappa shape index (κ3) is 3.61. The van der Waals surface area contributed by atoms with Gasteiger partial charge in [-0.1, -0.05) is 42.0 Å². The van der Waals surface area contributed by atoms with Gasteiger partial charge >= 0.3 is 0 Å². The Morgan fingerprint density at radius 1 is 0.871 bits per heavy atom. The Balaban J connectivity index is 1.87. The summed E-state index contributed by atoms with van der Waals surface area (Å²) in [6.45, 7) is 9.62. The first-order valence-corrected chi connectivity index (χ1v) is 10.5. The SMILES string of the molecule is CC(=O)C1=C(C)N(Cn2cnc3ccccc32)C(C)=C(C(C)=O)C1c1ccc(C)cc1. The van der Waals surface area contributed by atoms with Crippen LogP contribution in [-0.2, 0) is 16.3 Å². The number of benzene rings is 2. The molecule has 0 N–H and O–H groups in total. The number of imidazole rings is 1. The quantitative estimate of drug-likeness (QED) is 0.582. The fourth-order valence-electron chi connectivity index (χ4n) is 4.60. The molecule has 4 rings (SSSR count). The lowest BCUT2D eigenvalue weighted by Gasteiger charge is -2.38. The lowest BCUT2D eigenvalue weighted by atomic mass is 9.77. The lowest BCUT2D eigenvalue weighted by molar-refractivity contribution is -0.114. The highest BCUT2D eigenvalue weighted by Gasteiger charge is 2.36. The monoisotopic (exact) mass is 413 g/mol. The molecule has 0 amide bonds. The molecule has 0 bridgehead atoms. The Kier molecular flexibility index (Phi) is 5.36. The molecule has 2 heterocycles. The zero-order valence-electron chi connectivity index (χ0n) is 18.6. The number of ketones is 2. The summed E-state index contributed by atoms with van der Waals surface area (Å²) in [4.78, 5) is 32.3. The molecule has 158 valence electrons. The first-order valence-electron chi connectivity index (χ1n) is 10.5. The summed E-state index contributed by atoms with van der Waals surface area (Å²) >= 11 is 0. The number of allylic oxidation sites excluding steroid dienone is 4. The van der Waals surface area contributed by atoms with Gasteiger partial charge < -0.3 is 9.47 Å². The molecule has 0 fully saturated rings. The van der Waals surface area contributed by atoms with Crippen molar-refractivity contribution in [3.63, 3.8) is 0 Å². The highest BCUT2D eigenvalue weighted by atomic mass is 16.1. The second-order valence-corrected chi connectivity index (χ2v) is 8.23. The number of carbonyl (C=O) groups excluding carboxylic acids is 2. The number of hydrogen-bond acceptors (Lipinski definition) is 4. The summed E-state index contributed by atoms with van der Waals surface area (Å²) in [5.74, 6) is -0.393. The van der Waals surface area contributed by atoms with E-state index in [1.165, 1.54) is 0 Å². The molecule has 0 radical (unpaired) electrons. The average molecular weight is 414 g/mol. The predicted molar refractivity (Wildman–Crippen MR) is 122 cm³/mol. The number of carbonyl (C=O) groups is 2. The largest absolute Gasteiger partial charge is 0.330 e. The van der Waals surface area contributed by atoms with Crippen molar-refractivity contribution in [2.45, 2.75) is 47.2 Å².